The maximum atomic E-state index is 13.4. The first-order valence-corrected chi connectivity index (χ1v) is 10.9. The van der Waals surface area contributed by atoms with Gasteiger partial charge in [-0.1, -0.05) is 12.1 Å². The van der Waals surface area contributed by atoms with Gasteiger partial charge in [-0.3, -0.25) is 0 Å². The fraction of sp³-hybridized carbons (Fsp3) is 0.231. The Kier molecular flexibility index (Phi) is 5.40. The van der Waals surface area contributed by atoms with Crippen LogP contribution in [-0.4, -0.2) is 31.2 Å². The van der Waals surface area contributed by atoms with Gasteiger partial charge in [-0.15, -0.1) is 0 Å². The number of hydrogen-bond donors (Lipinski definition) is 0. The van der Waals surface area contributed by atoms with Crippen molar-refractivity contribution in [2.75, 3.05) is 36.0 Å². The highest BCUT2D eigenvalue weighted by Crippen LogP contribution is 2.37. The van der Waals surface area contributed by atoms with Crippen molar-refractivity contribution in [3.05, 3.63) is 77.4 Å². The molecule has 1 fully saturated rings. The quantitative estimate of drug-likeness (QED) is 0.373. The zero-order chi connectivity index (χ0) is 23.9. The second kappa shape index (κ2) is 8.41. The molecule has 0 unspecified atom stereocenters. The molecule has 0 bridgehead atoms. The van der Waals surface area contributed by atoms with Crippen molar-refractivity contribution in [3.8, 4) is 17.5 Å². The molecule has 0 saturated carbocycles. The molecule has 8 heteroatoms. The molecule has 4 aromatic rings. The summed E-state index contributed by atoms with van der Waals surface area (Å²) < 4.78 is 46.1. The Balaban J connectivity index is 1.31. The van der Waals surface area contributed by atoms with Gasteiger partial charge in [0.25, 0.3) is 0 Å². The van der Waals surface area contributed by atoms with Crippen LogP contribution < -0.4 is 9.80 Å². The number of nitrogens with zero attached hydrogens (tertiary/aromatic N) is 4. The van der Waals surface area contributed by atoms with Crippen molar-refractivity contribution in [1.29, 1.82) is 5.26 Å². The Bertz CT molecular complexity index is 1380. The normalized spacial score (nSPS) is 14.4. The third-order valence-corrected chi connectivity index (χ3v) is 6.11. The van der Waals surface area contributed by atoms with Crippen molar-refractivity contribution in [1.82, 2.24) is 4.98 Å². The minimum atomic E-state index is -4.37. The highest BCUT2D eigenvalue weighted by atomic mass is 19.4. The van der Waals surface area contributed by atoms with Crippen molar-refractivity contribution in [3.63, 3.8) is 0 Å². The van der Waals surface area contributed by atoms with Gasteiger partial charge in [0.2, 0.25) is 5.89 Å². The molecule has 1 aliphatic rings. The van der Waals surface area contributed by atoms with Crippen molar-refractivity contribution in [2.24, 2.45) is 0 Å². The number of oxazole rings is 1. The molecule has 0 atom stereocenters. The van der Waals surface area contributed by atoms with E-state index in [0.717, 1.165) is 22.9 Å². The lowest BCUT2D eigenvalue weighted by molar-refractivity contribution is -0.137. The molecule has 172 valence electrons. The number of anilines is 2. The van der Waals surface area contributed by atoms with Crippen LogP contribution in [-0.2, 0) is 6.18 Å². The van der Waals surface area contributed by atoms with E-state index in [2.05, 4.69) is 16.0 Å². The highest BCUT2D eigenvalue weighted by Gasteiger charge is 2.35. The number of alkyl halides is 3. The van der Waals surface area contributed by atoms with Gasteiger partial charge in [0.05, 0.1) is 17.2 Å². The van der Waals surface area contributed by atoms with E-state index >= 15 is 0 Å². The van der Waals surface area contributed by atoms with Crippen molar-refractivity contribution in [2.45, 2.75) is 13.1 Å². The van der Waals surface area contributed by atoms with E-state index in [1.807, 2.05) is 31.2 Å². The molecule has 0 N–H and O–H groups in total. The van der Waals surface area contributed by atoms with Crippen molar-refractivity contribution < 1.29 is 17.6 Å². The van der Waals surface area contributed by atoms with E-state index in [1.165, 1.54) is 12.1 Å². The summed E-state index contributed by atoms with van der Waals surface area (Å²) in [6.07, 6.45) is -4.37. The van der Waals surface area contributed by atoms with Crippen LogP contribution in [0, 0.1) is 18.3 Å². The minimum Gasteiger partial charge on any atom is -0.436 e. The average molecular weight is 462 g/mol. The first kappa shape index (κ1) is 21.8. The number of nitriles is 1. The predicted molar refractivity (Wildman–Crippen MR) is 125 cm³/mol. The Morgan fingerprint density at radius 1 is 0.941 bits per heavy atom. The number of aryl methyl sites for hydroxylation is 1. The standard InChI is InChI=1S/C26H21F3N4O/c1-17-14-18(16-30)15-22-24(17)34-25(31-22)19-6-8-20(9-7-19)32-10-12-33(13-11-32)23-5-3-2-4-21(23)26(27,28)29/h2-9,14-15H,10-13H2,1H3. The molecule has 2 heterocycles. The minimum absolute atomic E-state index is 0.232. The Hall–Kier alpha value is -3.99. The van der Waals surface area contributed by atoms with Gasteiger partial charge in [0.15, 0.2) is 5.58 Å². The molecule has 0 aliphatic carbocycles. The maximum Gasteiger partial charge on any atom is 0.418 e. The summed E-state index contributed by atoms with van der Waals surface area (Å²) in [6.45, 7) is 4.12. The van der Waals surface area contributed by atoms with Gasteiger partial charge in [0, 0.05) is 43.1 Å². The van der Waals surface area contributed by atoms with Crippen LogP contribution in [0.3, 0.4) is 0 Å². The fourth-order valence-electron chi connectivity index (χ4n) is 4.40. The van der Waals surface area contributed by atoms with Crippen molar-refractivity contribution >= 4 is 22.5 Å². The van der Waals surface area contributed by atoms with Crippen LogP contribution in [0.1, 0.15) is 16.7 Å². The molecule has 1 aromatic heterocycles. The van der Waals surface area contributed by atoms with E-state index < -0.39 is 11.7 Å². The van der Waals surface area contributed by atoms with Gasteiger partial charge >= 0.3 is 6.18 Å². The number of rotatable bonds is 3. The summed E-state index contributed by atoms with van der Waals surface area (Å²) in [5.41, 5.74) is 4.15. The van der Waals surface area contributed by atoms with Crippen LogP contribution in [0.4, 0.5) is 24.5 Å². The van der Waals surface area contributed by atoms with E-state index in [4.69, 9.17) is 9.68 Å². The zero-order valence-electron chi connectivity index (χ0n) is 18.4. The molecule has 1 aliphatic heterocycles. The number of halogens is 3. The average Bonchev–Trinajstić information content (AvgIpc) is 3.29. The van der Waals surface area contributed by atoms with Gasteiger partial charge in [-0.2, -0.15) is 18.4 Å². The summed E-state index contributed by atoms with van der Waals surface area (Å²) in [5.74, 6) is 0.480. The molecule has 0 radical (unpaired) electrons. The number of aromatic nitrogens is 1. The van der Waals surface area contributed by atoms with Gasteiger partial charge < -0.3 is 14.2 Å². The lowest BCUT2D eigenvalue weighted by Gasteiger charge is -2.38. The first-order valence-electron chi connectivity index (χ1n) is 10.9. The monoisotopic (exact) mass is 462 g/mol. The maximum absolute atomic E-state index is 13.4. The van der Waals surface area contributed by atoms with Crippen LogP contribution in [0.15, 0.2) is 65.1 Å². The van der Waals surface area contributed by atoms with Gasteiger partial charge in [0.1, 0.15) is 5.52 Å². The number of benzene rings is 3. The SMILES string of the molecule is Cc1cc(C#N)cc2nc(-c3ccc(N4CCN(c5ccccc5C(F)(F)F)CC4)cc3)oc12. The number of para-hydroxylation sites is 1. The summed E-state index contributed by atoms with van der Waals surface area (Å²) >= 11 is 0. The number of fused-ring (bicyclic) bond motifs is 1. The largest absolute Gasteiger partial charge is 0.436 e. The zero-order valence-corrected chi connectivity index (χ0v) is 18.4. The van der Waals surface area contributed by atoms with E-state index in [1.54, 1.807) is 23.1 Å². The smallest absolute Gasteiger partial charge is 0.418 e. The van der Waals surface area contributed by atoms with Gasteiger partial charge in [-0.05, 0) is 61.0 Å². The van der Waals surface area contributed by atoms with Crippen LogP contribution in [0.2, 0.25) is 0 Å². The Morgan fingerprint density at radius 2 is 1.62 bits per heavy atom. The Morgan fingerprint density at radius 3 is 2.29 bits per heavy atom. The molecule has 34 heavy (non-hydrogen) atoms. The number of hydrogen-bond acceptors (Lipinski definition) is 5. The highest BCUT2D eigenvalue weighted by molar-refractivity contribution is 5.81. The molecular weight excluding hydrogens is 441 g/mol. The summed E-state index contributed by atoms with van der Waals surface area (Å²) in [7, 11) is 0. The summed E-state index contributed by atoms with van der Waals surface area (Å²) in [4.78, 5) is 8.49. The predicted octanol–water partition coefficient (Wildman–Crippen LogP) is 6.02. The fourth-order valence-corrected chi connectivity index (χ4v) is 4.40. The molecule has 5 rings (SSSR count). The van der Waals surface area contributed by atoms with Gasteiger partial charge in [-0.25, -0.2) is 4.98 Å². The van der Waals surface area contributed by atoms with Crippen LogP contribution in [0.25, 0.3) is 22.6 Å². The third kappa shape index (κ3) is 4.05. The summed E-state index contributed by atoms with van der Waals surface area (Å²) in [5, 5.41) is 9.16. The van der Waals surface area contributed by atoms with E-state index in [0.29, 0.717) is 48.7 Å². The van der Waals surface area contributed by atoms with Crippen LogP contribution >= 0.6 is 0 Å². The lowest BCUT2D eigenvalue weighted by atomic mass is 10.1. The third-order valence-electron chi connectivity index (χ3n) is 6.11. The molecule has 0 spiro atoms. The molecule has 3 aromatic carbocycles. The first-order chi connectivity index (χ1) is 16.3. The lowest BCUT2D eigenvalue weighted by Crippen LogP contribution is -2.47. The number of piperazine rings is 1. The molecule has 1 saturated heterocycles. The second-order valence-corrected chi connectivity index (χ2v) is 8.31. The topological polar surface area (TPSA) is 56.3 Å². The Labute approximate surface area is 194 Å². The molecule has 0 amide bonds. The molecular formula is C26H21F3N4O. The molecule has 5 nitrogen and oxygen atoms in total. The second-order valence-electron chi connectivity index (χ2n) is 8.31. The van der Waals surface area contributed by atoms with E-state index in [9.17, 15) is 13.2 Å². The summed E-state index contributed by atoms with van der Waals surface area (Å²) in [6, 6.07) is 19.1. The van der Waals surface area contributed by atoms with Crippen LogP contribution in [0.5, 0.6) is 0 Å². The van der Waals surface area contributed by atoms with E-state index in [-0.39, 0.29) is 5.69 Å².